The summed E-state index contributed by atoms with van der Waals surface area (Å²) >= 11 is 0. The van der Waals surface area contributed by atoms with Crippen molar-refractivity contribution < 1.29 is 4.79 Å². The molecule has 5 nitrogen and oxygen atoms in total. The number of aromatic nitrogens is 3. The molecular formula is C22H22N4O. The van der Waals surface area contributed by atoms with Crippen molar-refractivity contribution in [2.45, 2.75) is 26.8 Å². The maximum atomic E-state index is 12.0. The number of pyridine rings is 1. The zero-order valence-corrected chi connectivity index (χ0v) is 15.5. The predicted octanol–water partition coefficient (Wildman–Crippen LogP) is 3.79. The van der Waals surface area contributed by atoms with Crippen molar-refractivity contribution in [2.24, 2.45) is 11.8 Å². The smallest absolute Gasteiger partial charge is 0.223 e. The van der Waals surface area contributed by atoms with E-state index in [1.807, 2.05) is 49.5 Å². The number of hydrogen-bond donors (Lipinski definition) is 1. The molecule has 0 saturated heterocycles. The van der Waals surface area contributed by atoms with Crippen molar-refractivity contribution in [3.63, 3.8) is 0 Å². The normalized spacial score (nSPS) is 18.1. The fourth-order valence-electron chi connectivity index (χ4n) is 3.22. The quantitative estimate of drug-likeness (QED) is 0.753. The Kier molecular flexibility index (Phi) is 4.67. The minimum atomic E-state index is 0.165. The molecule has 0 unspecified atom stereocenters. The van der Waals surface area contributed by atoms with Crippen molar-refractivity contribution in [3.05, 3.63) is 66.4 Å². The summed E-state index contributed by atoms with van der Waals surface area (Å²) < 4.78 is 0. The molecule has 2 atom stereocenters. The van der Waals surface area contributed by atoms with Crippen molar-refractivity contribution >= 4 is 5.91 Å². The SMILES string of the molecule is Cc1ncc(-c2ccncc2)c(-c2ccc(CNC(=O)[C@H]3C[C@@H]3C)cc2)n1. The van der Waals surface area contributed by atoms with E-state index in [1.54, 1.807) is 12.4 Å². The summed E-state index contributed by atoms with van der Waals surface area (Å²) in [6.07, 6.45) is 6.41. The lowest BCUT2D eigenvalue weighted by Gasteiger charge is -2.11. The fourth-order valence-corrected chi connectivity index (χ4v) is 3.22. The molecule has 1 saturated carbocycles. The van der Waals surface area contributed by atoms with Gasteiger partial charge >= 0.3 is 0 Å². The summed E-state index contributed by atoms with van der Waals surface area (Å²) in [5, 5.41) is 3.03. The fraction of sp³-hybridized carbons (Fsp3) is 0.273. The molecular weight excluding hydrogens is 336 g/mol. The van der Waals surface area contributed by atoms with E-state index in [0.717, 1.165) is 40.2 Å². The van der Waals surface area contributed by atoms with Gasteiger partial charge in [0.2, 0.25) is 5.91 Å². The van der Waals surface area contributed by atoms with E-state index in [-0.39, 0.29) is 11.8 Å². The van der Waals surface area contributed by atoms with Crippen LogP contribution in [0.3, 0.4) is 0 Å². The summed E-state index contributed by atoms with van der Waals surface area (Å²) in [7, 11) is 0. The second-order valence-electron chi connectivity index (χ2n) is 7.15. The Morgan fingerprint density at radius 2 is 1.81 bits per heavy atom. The molecule has 1 amide bonds. The largest absolute Gasteiger partial charge is 0.352 e. The number of amides is 1. The first-order valence-electron chi connectivity index (χ1n) is 9.23. The van der Waals surface area contributed by atoms with Gasteiger partial charge in [-0.25, -0.2) is 9.97 Å². The Morgan fingerprint density at radius 1 is 1.11 bits per heavy atom. The molecule has 1 aliphatic carbocycles. The summed E-state index contributed by atoms with van der Waals surface area (Å²) in [5.41, 5.74) is 5.02. The first-order valence-corrected chi connectivity index (χ1v) is 9.23. The standard InChI is InChI=1S/C22H22N4O/c1-14-11-19(14)22(27)25-12-16-3-5-18(6-4-16)21-20(13-24-15(2)26-21)17-7-9-23-10-8-17/h3-10,13-14,19H,11-12H2,1-2H3,(H,25,27)/t14-,19-/m0/s1. The molecule has 27 heavy (non-hydrogen) atoms. The maximum absolute atomic E-state index is 12.0. The van der Waals surface area contributed by atoms with E-state index in [0.29, 0.717) is 12.5 Å². The van der Waals surface area contributed by atoms with Gasteiger partial charge in [0.05, 0.1) is 5.69 Å². The lowest BCUT2D eigenvalue weighted by Crippen LogP contribution is -2.24. The molecule has 0 radical (unpaired) electrons. The highest BCUT2D eigenvalue weighted by Gasteiger charge is 2.38. The van der Waals surface area contributed by atoms with Crippen LogP contribution < -0.4 is 5.32 Å². The first-order chi connectivity index (χ1) is 13.1. The van der Waals surface area contributed by atoms with Crippen LogP contribution >= 0.6 is 0 Å². The van der Waals surface area contributed by atoms with E-state index in [9.17, 15) is 4.79 Å². The van der Waals surface area contributed by atoms with Crippen LogP contribution in [0.4, 0.5) is 0 Å². The van der Waals surface area contributed by atoms with E-state index >= 15 is 0 Å². The number of carbonyl (C=O) groups is 1. The van der Waals surface area contributed by atoms with E-state index in [1.165, 1.54) is 0 Å². The Bertz CT molecular complexity index is 954. The van der Waals surface area contributed by atoms with Crippen LogP contribution in [0, 0.1) is 18.8 Å². The van der Waals surface area contributed by atoms with Gasteiger partial charge in [-0.15, -0.1) is 0 Å². The molecule has 2 aromatic heterocycles. The zero-order valence-electron chi connectivity index (χ0n) is 15.5. The minimum Gasteiger partial charge on any atom is -0.352 e. The molecule has 1 aliphatic rings. The minimum absolute atomic E-state index is 0.165. The van der Waals surface area contributed by atoms with Gasteiger partial charge in [0.1, 0.15) is 5.82 Å². The van der Waals surface area contributed by atoms with Crippen molar-refractivity contribution in [2.75, 3.05) is 0 Å². The Hall–Kier alpha value is -3.08. The van der Waals surface area contributed by atoms with Crippen LogP contribution in [-0.2, 0) is 11.3 Å². The molecule has 2 heterocycles. The number of benzene rings is 1. The molecule has 5 heteroatoms. The molecule has 1 N–H and O–H groups in total. The number of carbonyl (C=O) groups excluding carboxylic acids is 1. The number of nitrogens with one attached hydrogen (secondary N) is 1. The summed E-state index contributed by atoms with van der Waals surface area (Å²) in [4.78, 5) is 25.1. The number of aryl methyl sites for hydroxylation is 1. The Morgan fingerprint density at radius 3 is 2.48 bits per heavy atom. The van der Waals surface area contributed by atoms with Gasteiger partial charge in [0.15, 0.2) is 0 Å². The molecule has 0 spiro atoms. The predicted molar refractivity (Wildman–Crippen MR) is 105 cm³/mol. The number of hydrogen-bond acceptors (Lipinski definition) is 4. The van der Waals surface area contributed by atoms with Gasteiger partial charge < -0.3 is 5.32 Å². The van der Waals surface area contributed by atoms with Crippen LogP contribution in [0.15, 0.2) is 55.0 Å². The van der Waals surface area contributed by atoms with Gasteiger partial charge in [0.25, 0.3) is 0 Å². The lowest BCUT2D eigenvalue weighted by atomic mass is 10.0. The van der Waals surface area contributed by atoms with E-state index < -0.39 is 0 Å². The summed E-state index contributed by atoms with van der Waals surface area (Å²) in [6.45, 7) is 4.56. The first kappa shape index (κ1) is 17.3. The third-order valence-corrected chi connectivity index (χ3v) is 5.04. The summed E-state index contributed by atoms with van der Waals surface area (Å²) in [6, 6.07) is 12.1. The van der Waals surface area contributed by atoms with Gasteiger partial charge in [0, 0.05) is 42.2 Å². The number of nitrogens with zero attached hydrogens (tertiary/aromatic N) is 3. The van der Waals surface area contributed by atoms with Crippen LogP contribution in [0.5, 0.6) is 0 Å². The van der Waals surface area contributed by atoms with E-state index in [2.05, 4.69) is 27.2 Å². The average molecular weight is 358 g/mol. The maximum Gasteiger partial charge on any atom is 0.223 e. The molecule has 0 aliphatic heterocycles. The Balaban J connectivity index is 1.55. The molecule has 3 aromatic rings. The second-order valence-corrected chi connectivity index (χ2v) is 7.15. The third kappa shape index (κ3) is 3.87. The van der Waals surface area contributed by atoms with Gasteiger partial charge in [-0.1, -0.05) is 31.2 Å². The molecule has 136 valence electrons. The van der Waals surface area contributed by atoms with Crippen molar-refractivity contribution in [3.8, 4) is 22.4 Å². The van der Waals surface area contributed by atoms with Crippen LogP contribution in [0.2, 0.25) is 0 Å². The monoisotopic (exact) mass is 358 g/mol. The van der Waals surface area contributed by atoms with Gasteiger partial charge in [-0.2, -0.15) is 0 Å². The second kappa shape index (κ2) is 7.27. The molecule has 1 aromatic carbocycles. The summed E-state index contributed by atoms with van der Waals surface area (Å²) in [5.74, 6) is 1.63. The lowest BCUT2D eigenvalue weighted by molar-refractivity contribution is -0.122. The molecule has 4 rings (SSSR count). The van der Waals surface area contributed by atoms with E-state index in [4.69, 9.17) is 0 Å². The molecule has 0 bridgehead atoms. The average Bonchev–Trinajstić information content (AvgIpc) is 3.44. The Labute approximate surface area is 158 Å². The van der Waals surface area contributed by atoms with Crippen molar-refractivity contribution in [1.29, 1.82) is 0 Å². The van der Waals surface area contributed by atoms with Crippen LogP contribution in [0.1, 0.15) is 24.7 Å². The molecule has 1 fully saturated rings. The van der Waals surface area contributed by atoms with Crippen LogP contribution in [-0.4, -0.2) is 20.9 Å². The van der Waals surface area contributed by atoms with Crippen LogP contribution in [0.25, 0.3) is 22.4 Å². The highest BCUT2D eigenvalue weighted by Crippen LogP contribution is 2.37. The topological polar surface area (TPSA) is 67.8 Å². The van der Waals surface area contributed by atoms with Crippen molar-refractivity contribution in [1.82, 2.24) is 20.3 Å². The highest BCUT2D eigenvalue weighted by molar-refractivity contribution is 5.81. The third-order valence-electron chi connectivity index (χ3n) is 5.04. The van der Waals surface area contributed by atoms with Gasteiger partial charge in [-0.3, -0.25) is 9.78 Å². The number of rotatable bonds is 5. The van der Waals surface area contributed by atoms with Gasteiger partial charge in [-0.05, 0) is 42.5 Å². The zero-order chi connectivity index (χ0) is 18.8. The highest BCUT2D eigenvalue weighted by atomic mass is 16.2.